The van der Waals surface area contributed by atoms with E-state index in [2.05, 4.69) is 29.0 Å². The number of nitrogens with one attached hydrogen (secondary N) is 1. The number of hydrogen-bond donors (Lipinski definition) is 1. The van der Waals surface area contributed by atoms with Crippen LogP contribution < -0.4 is 5.32 Å². The first kappa shape index (κ1) is 14.9. The standard InChI is InChI=1S/C15H22FN3O/c1-11(2)14(19-7-3-4-8-19)10-18-15(20)12-5-6-17-9-13(12)16/h5-6,9,11,14H,3-4,7-8,10H2,1-2H3,(H,18,20). The molecule has 1 aliphatic rings. The lowest BCUT2D eigenvalue weighted by molar-refractivity contribution is 0.0923. The summed E-state index contributed by atoms with van der Waals surface area (Å²) in [5.74, 6) is -0.488. The number of carbonyl (C=O) groups excluding carboxylic acids is 1. The van der Waals surface area contributed by atoms with Gasteiger partial charge >= 0.3 is 0 Å². The van der Waals surface area contributed by atoms with Gasteiger partial charge in [-0.3, -0.25) is 14.7 Å². The molecule has 0 aliphatic carbocycles. The molecule has 0 aromatic carbocycles. The third kappa shape index (κ3) is 3.54. The molecule has 1 unspecified atom stereocenters. The molecule has 1 saturated heterocycles. The zero-order chi connectivity index (χ0) is 14.5. The van der Waals surface area contributed by atoms with Gasteiger partial charge in [-0.25, -0.2) is 4.39 Å². The summed E-state index contributed by atoms with van der Waals surface area (Å²) in [5, 5.41) is 2.85. The molecule has 5 heteroatoms. The summed E-state index contributed by atoms with van der Waals surface area (Å²) in [4.78, 5) is 18.1. The van der Waals surface area contributed by atoms with Gasteiger partial charge in [-0.2, -0.15) is 0 Å². The van der Waals surface area contributed by atoms with Crippen molar-refractivity contribution in [2.75, 3.05) is 19.6 Å². The largest absolute Gasteiger partial charge is 0.350 e. The second-order valence-corrected chi connectivity index (χ2v) is 5.62. The maximum atomic E-state index is 13.5. The van der Waals surface area contributed by atoms with Gasteiger partial charge in [0, 0.05) is 18.8 Å². The smallest absolute Gasteiger partial charge is 0.254 e. The fourth-order valence-corrected chi connectivity index (χ4v) is 2.71. The van der Waals surface area contributed by atoms with Gasteiger partial charge in [-0.05, 0) is 37.9 Å². The van der Waals surface area contributed by atoms with Crippen LogP contribution in [0, 0.1) is 11.7 Å². The van der Waals surface area contributed by atoms with Crippen molar-refractivity contribution in [3.05, 3.63) is 29.8 Å². The Morgan fingerprint density at radius 1 is 1.45 bits per heavy atom. The Bertz CT molecular complexity index is 458. The van der Waals surface area contributed by atoms with Gasteiger partial charge in [-0.1, -0.05) is 13.8 Å². The van der Waals surface area contributed by atoms with Gasteiger partial charge in [0.1, 0.15) is 0 Å². The zero-order valence-electron chi connectivity index (χ0n) is 12.1. The molecule has 20 heavy (non-hydrogen) atoms. The second-order valence-electron chi connectivity index (χ2n) is 5.62. The van der Waals surface area contributed by atoms with Crippen LogP contribution in [0.5, 0.6) is 0 Å². The molecule has 1 N–H and O–H groups in total. The fourth-order valence-electron chi connectivity index (χ4n) is 2.71. The van der Waals surface area contributed by atoms with Crippen LogP contribution in [0.3, 0.4) is 0 Å². The number of aromatic nitrogens is 1. The van der Waals surface area contributed by atoms with Gasteiger partial charge in [0.05, 0.1) is 11.8 Å². The molecule has 1 atom stereocenters. The highest BCUT2D eigenvalue weighted by Gasteiger charge is 2.25. The first-order valence-corrected chi connectivity index (χ1v) is 7.21. The number of likely N-dealkylation sites (tertiary alicyclic amines) is 1. The van der Waals surface area contributed by atoms with E-state index in [0.29, 0.717) is 18.5 Å². The Balaban J connectivity index is 1.95. The third-order valence-electron chi connectivity index (χ3n) is 3.87. The van der Waals surface area contributed by atoms with Gasteiger partial charge in [-0.15, -0.1) is 0 Å². The minimum absolute atomic E-state index is 0.0592. The molecule has 1 aliphatic heterocycles. The molecule has 1 aromatic heterocycles. The number of pyridine rings is 1. The topological polar surface area (TPSA) is 45.2 Å². The lowest BCUT2D eigenvalue weighted by atomic mass is 10.0. The van der Waals surface area contributed by atoms with E-state index in [0.717, 1.165) is 19.3 Å². The number of halogens is 1. The van der Waals surface area contributed by atoms with Gasteiger partial charge in [0.15, 0.2) is 5.82 Å². The second kappa shape index (κ2) is 6.79. The highest BCUT2D eigenvalue weighted by molar-refractivity contribution is 5.94. The van der Waals surface area contributed by atoms with Crippen LogP contribution in [0.1, 0.15) is 37.0 Å². The molecule has 110 valence electrons. The molecule has 1 aromatic rings. The summed E-state index contributed by atoms with van der Waals surface area (Å²) in [6, 6.07) is 1.72. The molecule has 0 spiro atoms. The summed E-state index contributed by atoms with van der Waals surface area (Å²) < 4.78 is 13.5. The maximum Gasteiger partial charge on any atom is 0.254 e. The Morgan fingerprint density at radius 2 is 2.15 bits per heavy atom. The van der Waals surface area contributed by atoms with E-state index in [1.54, 1.807) is 0 Å². The highest BCUT2D eigenvalue weighted by Crippen LogP contribution is 2.17. The van der Waals surface area contributed by atoms with Crippen molar-refractivity contribution in [3.8, 4) is 0 Å². The normalized spacial score (nSPS) is 17.4. The minimum atomic E-state index is -0.577. The average Bonchev–Trinajstić information content (AvgIpc) is 2.92. The van der Waals surface area contributed by atoms with E-state index in [4.69, 9.17) is 0 Å². The molecule has 2 heterocycles. The van der Waals surface area contributed by atoms with E-state index >= 15 is 0 Å². The van der Waals surface area contributed by atoms with E-state index in [-0.39, 0.29) is 11.5 Å². The molecule has 4 nitrogen and oxygen atoms in total. The Labute approximate surface area is 119 Å². The number of nitrogens with zero attached hydrogens (tertiary/aromatic N) is 2. The SMILES string of the molecule is CC(C)C(CNC(=O)c1ccncc1F)N1CCCC1. The number of hydrogen-bond acceptors (Lipinski definition) is 3. The Kier molecular flexibility index (Phi) is 5.06. The summed E-state index contributed by atoms with van der Waals surface area (Å²) in [5.41, 5.74) is 0.0592. The van der Waals surface area contributed by atoms with Crippen molar-refractivity contribution in [2.45, 2.75) is 32.7 Å². The van der Waals surface area contributed by atoms with Crippen molar-refractivity contribution in [1.82, 2.24) is 15.2 Å². The monoisotopic (exact) mass is 279 g/mol. The molecule has 0 bridgehead atoms. The van der Waals surface area contributed by atoms with Crippen LogP contribution in [-0.2, 0) is 0 Å². The number of amides is 1. The van der Waals surface area contributed by atoms with E-state index in [9.17, 15) is 9.18 Å². The molecule has 0 saturated carbocycles. The molecular formula is C15H22FN3O. The number of carbonyl (C=O) groups is 1. The van der Waals surface area contributed by atoms with Crippen molar-refractivity contribution in [1.29, 1.82) is 0 Å². The first-order chi connectivity index (χ1) is 9.59. The van der Waals surface area contributed by atoms with Gasteiger partial charge in [0.25, 0.3) is 5.91 Å². The van der Waals surface area contributed by atoms with E-state index in [1.807, 2.05) is 0 Å². The van der Waals surface area contributed by atoms with Crippen molar-refractivity contribution < 1.29 is 9.18 Å². The molecule has 1 amide bonds. The van der Waals surface area contributed by atoms with Gasteiger partial charge < -0.3 is 5.32 Å². The molecule has 0 radical (unpaired) electrons. The van der Waals surface area contributed by atoms with Crippen molar-refractivity contribution >= 4 is 5.91 Å². The summed E-state index contributed by atoms with van der Waals surface area (Å²) in [6.07, 6.45) is 4.93. The van der Waals surface area contributed by atoms with Crippen LogP contribution in [0.4, 0.5) is 4.39 Å². The maximum absolute atomic E-state index is 13.5. The molecule has 2 rings (SSSR count). The predicted molar refractivity (Wildman–Crippen MR) is 76.0 cm³/mol. The molecule has 1 fully saturated rings. The summed E-state index contributed by atoms with van der Waals surface area (Å²) in [7, 11) is 0. The highest BCUT2D eigenvalue weighted by atomic mass is 19.1. The van der Waals surface area contributed by atoms with E-state index < -0.39 is 5.82 Å². The minimum Gasteiger partial charge on any atom is -0.350 e. The summed E-state index contributed by atoms with van der Waals surface area (Å²) >= 11 is 0. The van der Waals surface area contributed by atoms with Gasteiger partial charge in [0.2, 0.25) is 0 Å². The summed E-state index contributed by atoms with van der Waals surface area (Å²) in [6.45, 7) is 7.03. The predicted octanol–water partition coefficient (Wildman–Crippen LogP) is 2.07. The van der Waals surface area contributed by atoms with Crippen LogP contribution in [-0.4, -0.2) is 41.5 Å². The van der Waals surface area contributed by atoms with Crippen LogP contribution >= 0.6 is 0 Å². The average molecular weight is 279 g/mol. The zero-order valence-corrected chi connectivity index (χ0v) is 12.1. The van der Waals surface area contributed by atoms with Crippen LogP contribution in [0.15, 0.2) is 18.5 Å². The number of rotatable bonds is 5. The third-order valence-corrected chi connectivity index (χ3v) is 3.87. The Hall–Kier alpha value is -1.49. The van der Waals surface area contributed by atoms with Crippen LogP contribution in [0.25, 0.3) is 0 Å². The van der Waals surface area contributed by atoms with Crippen molar-refractivity contribution in [2.24, 2.45) is 5.92 Å². The first-order valence-electron chi connectivity index (χ1n) is 7.21. The van der Waals surface area contributed by atoms with E-state index in [1.165, 1.54) is 25.1 Å². The lowest BCUT2D eigenvalue weighted by Crippen LogP contribution is -2.45. The molecular weight excluding hydrogens is 257 g/mol. The van der Waals surface area contributed by atoms with Crippen molar-refractivity contribution in [3.63, 3.8) is 0 Å². The Morgan fingerprint density at radius 3 is 2.75 bits per heavy atom. The van der Waals surface area contributed by atoms with Crippen LogP contribution in [0.2, 0.25) is 0 Å². The lowest BCUT2D eigenvalue weighted by Gasteiger charge is -2.31. The quantitative estimate of drug-likeness (QED) is 0.897. The fraction of sp³-hybridized carbons (Fsp3) is 0.600.